The van der Waals surface area contributed by atoms with Gasteiger partial charge in [-0.15, -0.1) is 0 Å². The van der Waals surface area contributed by atoms with Crippen molar-refractivity contribution < 1.29 is 42.1 Å². The molecule has 0 aromatic carbocycles. The van der Waals surface area contributed by atoms with Crippen LogP contribution in [0.3, 0.4) is 0 Å². The summed E-state index contributed by atoms with van der Waals surface area (Å²) in [6.07, 6.45) is 79.5. The first-order chi connectivity index (χ1) is 39.0. The van der Waals surface area contributed by atoms with Crippen molar-refractivity contribution in [3.05, 3.63) is 48.6 Å². The molecule has 0 bridgehead atoms. The van der Waals surface area contributed by atoms with Crippen molar-refractivity contribution in [3.63, 3.8) is 0 Å². The monoisotopic (exact) mass is 1150 g/mol. The normalized spacial score (nSPS) is 13.4. The maximum absolute atomic E-state index is 12.8. The van der Waals surface area contributed by atoms with Gasteiger partial charge in [-0.2, -0.15) is 0 Å². The number of carbonyl (C=O) groups excluding carboxylic acids is 2. The molecule has 1 N–H and O–H groups in total. The topological polar surface area (TPSA) is 108 Å². The zero-order valence-electron chi connectivity index (χ0n) is 53.6. The van der Waals surface area contributed by atoms with Gasteiger partial charge in [0.15, 0.2) is 6.10 Å². The fraction of sp³-hybridized carbons (Fsp3) is 0.857. The van der Waals surface area contributed by atoms with E-state index in [9.17, 15) is 19.0 Å². The van der Waals surface area contributed by atoms with Crippen molar-refractivity contribution in [1.82, 2.24) is 0 Å². The highest BCUT2D eigenvalue weighted by Gasteiger charge is 2.27. The number of carbonyl (C=O) groups is 2. The van der Waals surface area contributed by atoms with E-state index < -0.39 is 26.5 Å². The highest BCUT2D eigenvalue weighted by atomic mass is 31.2. The minimum Gasteiger partial charge on any atom is -0.462 e. The summed E-state index contributed by atoms with van der Waals surface area (Å²) in [7, 11) is 1.48. The van der Waals surface area contributed by atoms with Crippen molar-refractivity contribution >= 4 is 19.8 Å². The number of likely N-dealkylation sites (N-methyl/N-ethyl adjacent to an activating group) is 1. The van der Waals surface area contributed by atoms with E-state index in [1.807, 2.05) is 21.1 Å². The van der Waals surface area contributed by atoms with E-state index in [0.717, 1.165) is 83.5 Å². The highest BCUT2D eigenvalue weighted by molar-refractivity contribution is 7.47. The molecule has 9 nitrogen and oxygen atoms in total. The minimum atomic E-state index is -4.39. The second-order valence-electron chi connectivity index (χ2n) is 24.5. The third-order valence-electron chi connectivity index (χ3n) is 15.4. The van der Waals surface area contributed by atoms with Gasteiger partial charge in [0, 0.05) is 12.8 Å². The second-order valence-corrected chi connectivity index (χ2v) is 26.0. The van der Waals surface area contributed by atoms with Crippen molar-refractivity contribution in [2.45, 2.75) is 341 Å². The first-order valence-electron chi connectivity index (χ1n) is 34.4. The summed E-state index contributed by atoms with van der Waals surface area (Å²) in [6.45, 7) is 4.35. The molecule has 0 amide bonds. The number of allylic oxidation sites excluding steroid dienone is 8. The Morgan fingerprint density at radius 1 is 0.400 bits per heavy atom. The summed E-state index contributed by atoms with van der Waals surface area (Å²) in [4.78, 5) is 35.8. The number of rotatable bonds is 64. The average molecular weight is 1150 g/mol. The summed E-state index contributed by atoms with van der Waals surface area (Å²) in [5, 5.41) is 0. The summed E-state index contributed by atoms with van der Waals surface area (Å²) in [5.41, 5.74) is 0. The molecule has 0 aliphatic rings. The Kier molecular flexibility index (Phi) is 60.0. The predicted octanol–water partition coefficient (Wildman–Crippen LogP) is 22.1. The Hall–Kier alpha value is -2.03. The van der Waals surface area contributed by atoms with Crippen LogP contribution < -0.4 is 0 Å². The van der Waals surface area contributed by atoms with Crippen LogP contribution in [0.4, 0.5) is 0 Å². The third-order valence-corrected chi connectivity index (χ3v) is 16.4. The minimum absolute atomic E-state index is 0.0287. The molecule has 0 aromatic rings. The Morgan fingerprint density at radius 2 is 0.713 bits per heavy atom. The molecule has 0 aliphatic carbocycles. The molecule has 0 aliphatic heterocycles. The number of unbranched alkanes of at least 4 members (excludes halogenated alkanes) is 42. The first-order valence-corrected chi connectivity index (χ1v) is 35.9. The zero-order chi connectivity index (χ0) is 58.4. The van der Waals surface area contributed by atoms with Crippen molar-refractivity contribution in [2.75, 3.05) is 47.5 Å². The molecular formula is C70H133NO8P+. The first kappa shape index (κ1) is 78.0. The van der Waals surface area contributed by atoms with Gasteiger partial charge in [-0.25, -0.2) is 4.57 Å². The van der Waals surface area contributed by atoms with E-state index in [2.05, 4.69) is 62.5 Å². The maximum Gasteiger partial charge on any atom is 0.472 e. The molecule has 0 heterocycles. The van der Waals surface area contributed by atoms with Gasteiger partial charge in [-0.05, 0) is 51.4 Å². The summed E-state index contributed by atoms with van der Waals surface area (Å²) < 4.78 is 34.6. The number of esters is 2. The molecule has 0 saturated heterocycles. The van der Waals surface area contributed by atoms with Gasteiger partial charge in [0.25, 0.3) is 0 Å². The Balaban J connectivity index is 3.92. The largest absolute Gasteiger partial charge is 0.472 e. The number of nitrogens with zero attached hydrogens (tertiary/aromatic N) is 1. The molecule has 2 unspecified atom stereocenters. The van der Waals surface area contributed by atoms with Crippen molar-refractivity contribution in [1.29, 1.82) is 0 Å². The summed E-state index contributed by atoms with van der Waals surface area (Å²) in [6, 6.07) is 0. The maximum atomic E-state index is 12.8. The van der Waals surface area contributed by atoms with Crippen LogP contribution in [-0.4, -0.2) is 74.9 Å². The molecule has 0 rings (SSSR count). The second kappa shape index (κ2) is 61.5. The lowest BCUT2D eigenvalue weighted by atomic mass is 10.0. The van der Waals surface area contributed by atoms with Gasteiger partial charge in [-0.3, -0.25) is 18.6 Å². The molecule has 0 radical (unpaired) electrons. The molecule has 2 atom stereocenters. The number of quaternary nitrogens is 1. The van der Waals surface area contributed by atoms with E-state index in [1.54, 1.807) is 0 Å². The summed E-state index contributed by atoms with van der Waals surface area (Å²) >= 11 is 0. The lowest BCUT2D eigenvalue weighted by molar-refractivity contribution is -0.870. The van der Waals surface area contributed by atoms with E-state index >= 15 is 0 Å². The van der Waals surface area contributed by atoms with E-state index in [4.69, 9.17) is 18.5 Å². The van der Waals surface area contributed by atoms with Crippen LogP contribution in [-0.2, 0) is 32.7 Å². The molecule has 0 fully saturated rings. The molecule has 0 spiro atoms. The van der Waals surface area contributed by atoms with Crippen LogP contribution in [0.2, 0.25) is 0 Å². The summed E-state index contributed by atoms with van der Waals surface area (Å²) in [5.74, 6) is -0.801. The molecule has 0 saturated carbocycles. The lowest BCUT2D eigenvalue weighted by Gasteiger charge is -2.24. The van der Waals surface area contributed by atoms with Crippen LogP contribution in [0, 0.1) is 0 Å². The number of ether oxygens (including phenoxy) is 2. The number of phosphoric acid groups is 1. The SMILES string of the molecule is CC/C=C\C/C=C\C/C=C\C/C=C\CCCCCCCCC(=O)OC(COC(=O)CCCCCCCCCCCCCCCCCCCCCCCCCCCCCCCCCCCCCCC)COP(=O)(O)OCC[N+](C)(C)C. The van der Waals surface area contributed by atoms with Crippen LogP contribution in [0.15, 0.2) is 48.6 Å². The van der Waals surface area contributed by atoms with Crippen LogP contribution in [0.1, 0.15) is 335 Å². The van der Waals surface area contributed by atoms with Crippen molar-refractivity contribution in [2.24, 2.45) is 0 Å². The Labute approximate surface area is 496 Å². The van der Waals surface area contributed by atoms with Crippen LogP contribution in [0.25, 0.3) is 0 Å². The number of hydrogen-bond donors (Lipinski definition) is 1. The molecule has 10 heteroatoms. The standard InChI is InChI=1S/C70H132NO8P/c1-6-8-10-12-14-16-18-20-22-24-26-27-28-29-30-31-32-33-34-35-36-37-38-39-40-41-42-43-45-46-48-50-52-54-56-58-60-62-69(72)76-66-68(67-78-80(74,75)77-65-64-71(3,4)5)79-70(73)63-61-59-57-55-53-51-49-47-44-25-23-21-19-17-15-13-11-9-7-2/h9,11,15,17,21,23,44,47,68H,6-8,10,12-14,16,18-20,22,24-43,45-46,48-67H2,1-5H3/p+1/b11-9-,17-15-,23-21-,47-44-. The van der Waals surface area contributed by atoms with Gasteiger partial charge in [0.05, 0.1) is 27.7 Å². The van der Waals surface area contributed by atoms with Gasteiger partial charge in [0.2, 0.25) is 0 Å². The quantitative estimate of drug-likeness (QED) is 0.0211. The van der Waals surface area contributed by atoms with E-state index in [1.165, 1.54) is 218 Å². The number of phosphoric ester groups is 1. The van der Waals surface area contributed by atoms with E-state index in [0.29, 0.717) is 17.4 Å². The lowest BCUT2D eigenvalue weighted by Crippen LogP contribution is -2.37. The van der Waals surface area contributed by atoms with Crippen molar-refractivity contribution in [3.8, 4) is 0 Å². The van der Waals surface area contributed by atoms with Crippen LogP contribution >= 0.6 is 7.82 Å². The Bertz CT molecular complexity index is 1490. The smallest absolute Gasteiger partial charge is 0.462 e. The molecular weight excluding hydrogens is 1010 g/mol. The van der Waals surface area contributed by atoms with Crippen LogP contribution in [0.5, 0.6) is 0 Å². The van der Waals surface area contributed by atoms with Gasteiger partial charge < -0.3 is 18.9 Å². The Morgan fingerprint density at radius 3 is 1.06 bits per heavy atom. The average Bonchev–Trinajstić information content (AvgIpc) is 3.42. The third kappa shape index (κ3) is 65.1. The fourth-order valence-electron chi connectivity index (χ4n) is 10.1. The fourth-order valence-corrected chi connectivity index (χ4v) is 10.9. The molecule has 0 aromatic heterocycles. The number of hydrogen-bond acceptors (Lipinski definition) is 7. The van der Waals surface area contributed by atoms with E-state index in [-0.39, 0.29) is 32.0 Å². The van der Waals surface area contributed by atoms with Gasteiger partial charge >= 0.3 is 19.8 Å². The van der Waals surface area contributed by atoms with Gasteiger partial charge in [0.1, 0.15) is 19.8 Å². The predicted molar refractivity (Wildman–Crippen MR) is 344 cm³/mol. The zero-order valence-corrected chi connectivity index (χ0v) is 54.5. The molecule has 80 heavy (non-hydrogen) atoms. The highest BCUT2D eigenvalue weighted by Crippen LogP contribution is 2.43. The van der Waals surface area contributed by atoms with Gasteiger partial charge in [-0.1, -0.05) is 319 Å². The molecule has 470 valence electrons.